The van der Waals surface area contributed by atoms with Gasteiger partial charge in [0.1, 0.15) is 12.6 Å². The molecule has 0 atom stereocenters. The lowest BCUT2D eigenvalue weighted by Crippen LogP contribution is -1.94. The average Bonchev–Trinajstić information content (AvgIpc) is 2.40. The first-order chi connectivity index (χ1) is 8.20. The van der Waals surface area contributed by atoms with E-state index in [1.165, 1.54) is 5.57 Å². The summed E-state index contributed by atoms with van der Waals surface area (Å²) in [5.41, 5.74) is 1.35. The van der Waals surface area contributed by atoms with Crippen LogP contribution in [0.5, 0.6) is 0 Å². The summed E-state index contributed by atoms with van der Waals surface area (Å²) in [6, 6.07) is 0. The predicted octanol–water partition coefficient (Wildman–Crippen LogP) is 4.50. The van der Waals surface area contributed by atoms with Gasteiger partial charge in [-0.3, -0.25) is 4.79 Å². The van der Waals surface area contributed by atoms with Gasteiger partial charge in [-0.15, -0.1) is 0 Å². The van der Waals surface area contributed by atoms with Crippen molar-refractivity contribution in [3.8, 4) is 0 Å². The molecular formula is C15H28O2. The number of carbonyl (C=O) groups excluding carboxylic acids is 2. The van der Waals surface area contributed by atoms with Crippen LogP contribution in [0.25, 0.3) is 0 Å². The van der Waals surface area contributed by atoms with Gasteiger partial charge in [0, 0.05) is 12.8 Å². The Morgan fingerprint density at radius 1 is 1.18 bits per heavy atom. The quantitative estimate of drug-likeness (QED) is 0.641. The Kier molecular flexibility index (Phi) is 25.2. The highest BCUT2D eigenvalue weighted by atomic mass is 16.1. The molecule has 0 rings (SSSR count). The standard InChI is InChI=1S/C12H20O.C2H6.CH2O/c1-4-6-8-11(3)9-7-10-12(13)5-2;2*1-2/h4,6,8H,5,7,9-10H2,1-3H3;1-2H3;1H2/b6-4-,11-8+;;. The molecule has 0 amide bonds. The van der Waals surface area contributed by atoms with Crippen molar-refractivity contribution in [2.75, 3.05) is 0 Å². The van der Waals surface area contributed by atoms with Gasteiger partial charge in [-0.05, 0) is 26.7 Å². The molecule has 0 radical (unpaired) electrons. The Morgan fingerprint density at radius 3 is 2.12 bits per heavy atom. The fourth-order valence-electron chi connectivity index (χ4n) is 1.08. The zero-order valence-electron chi connectivity index (χ0n) is 12.1. The molecular weight excluding hydrogens is 212 g/mol. The molecule has 0 aliphatic heterocycles. The van der Waals surface area contributed by atoms with Gasteiger partial charge in [-0.25, -0.2) is 0 Å². The van der Waals surface area contributed by atoms with Crippen LogP contribution in [-0.2, 0) is 9.59 Å². The normalized spacial score (nSPS) is 10.1. The van der Waals surface area contributed by atoms with Crippen LogP contribution in [0.15, 0.2) is 23.8 Å². The van der Waals surface area contributed by atoms with Crippen LogP contribution in [0.4, 0.5) is 0 Å². The van der Waals surface area contributed by atoms with E-state index < -0.39 is 0 Å². The zero-order valence-corrected chi connectivity index (χ0v) is 12.1. The van der Waals surface area contributed by atoms with E-state index in [4.69, 9.17) is 4.79 Å². The molecule has 0 aromatic heterocycles. The van der Waals surface area contributed by atoms with E-state index in [-0.39, 0.29) is 0 Å². The number of hydrogen-bond acceptors (Lipinski definition) is 2. The van der Waals surface area contributed by atoms with Crippen LogP contribution in [0.1, 0.15) is 60.3 Å². The van der Waals surface area contributed by atoms with Crippen LogP contribution in [0, 0.1) is 0 Å². The summed E-state index contributed by atoms with van der Waals surface area (Å²) < 4.78 is 0. The van der Waals surface area contributed by atoms with Crippen LogP contribution >= 0.6 is 0 Å². The molecule has 0 aliphatic carbocycles. The Balaban J connectivity index is -0.000000439. The SMILES string of the molecule is C/C=C\C=C(/C)CCCC(=O)CC.C=O.CC. The summed E-state index contributed by atoms with van der Waals surface area (Å²) in [4.78, 5) is 19.0. The molecule has 2 nitrogen and oxygen atoms in total. The molecule has 100 valence electrons. The summed E-state index contributed by atoms with van der Waals surface area (Å²) in [5, 5.41) is 0. The fourth-order valence-corrected chi connectivity index (χ4v) is 1.08. The van der Waals surface area contributed by atoms with E-state index in [0.29, 0.717) is 12.2 Å². The Morgan fingerprint density at radius 2 is 1.71 bits per heavy atom. The summed E-state index contributed by atoms with van der Waals surface area (Å²) in [6.45, 7) is 12.0. The molecule has 0 saturated heterocycles. The highest BCUT2D eigenvalue weighted by Gasteiger charge is 1.97. The number of hydrogen-bond donors (Lipinski definition) is 0. The van der Waals surface area contributed by atoms with Crippen molar-refractivity contribution < 1.29 is 9.59 Å². The molecule has 0 N–H and O–H groups in total. The van der Waals surface area contributed by atoms with Gasteiger partial charge in [0.05, 0.1) is 0 Å². The molecule has 2 heteroatoms. The maximum Gasteiger partial charge on any atom is 0.132 e. The number of ketones is 1. The maximum absolute atomic E-state index is 11.0. The van der Waals surface area contributed by atoms with Crippen LogP contribution in [0.2, 0.25) is 0 Å². The smallest absolute Gasteiger partial charge is 0.132 e. The molecule has 0 fully saturated rings. The first kappa shape index (κ1) is 21.1. The molecule has 0 aliphatic rings. The Labute approximate surface area is 107 Å². The average molecular weight is 240 g/mol. The zero-order chi connectivity index (χ0) is 14.1. The second kappa shape index (κ2) is 20.3. The number of carbonyl (C=O) groups is 2. The molecule has 0 heterocycles. The van der Waals surface area contributed by atoms with Crippen molar-refractivity contribution >= 4 is 12.6 Å². The van der Waals surface area contributed by atoms with Crippen molar-refractivity contribution in [3.05, 3.63) is 23.8 Å². The molecule has 0 saturated carbocycles. The first-order valence-corrected chi connectivity index (χ1v) is 6.29. The maximum atomic E-state index is 11.0. The fraction of sp³-hybridized carbons (Fsp3) is 0.600. The Bertz CT molecular complexity index is 215. The van der Waals surface area contributed by atoms with Gasteiger partial charge in [0.25, 0.3) is 0 Å². The number of allylic oxidation sites excluding steroid dienone is 4. The summed E-state index contributed by atoms with van der Waals surface area (Å²) >= 11 is 0. The third-order valence-corrected chi connectivity index (χ3v) is 1.99. The van der Waals surface area contributed by atoms with Gasteiger partial charge in [0.15, 0.2) is 0 Å². The predicted molar refractivity (Wildman–Crippen MR) is 76.2 cm³/mol. The molecule has 0 spiro atoms. The minimum absolute atomic E-state index is 0.374. The van der Waals surface area contributed by atoms with E-state index in [1.807, 2.05) is 46.6 Å². The lowest BCUT2D eigenvalue weighted by molar-refractivity contribution is -0.118. The molecule has 17 heavy (non-hydrogen) atoms. The van der Waals surface area contributed by atoms with Crippen LogP contribution in [0.3, 0.4) is 0 Å². The molecule has 0 bridgehead atoms. The van der Waals surface area contributed by atoms with Crippen molar-refractivity contribution in [1.29, 1.82) is 0 Å². The second-order valence-electron chi connectivity index (χ2n) is 3.28. The Hall–Kier alpha value is -1.18. The molecule has 0 aromatic rings. The van der Waals surface area contributed by atoms with Crippen LogP contribution in [-0.4, -0.2) is 12.6 Å². The van der Waals surface area contributed by atoms with Crippen molar-refractivity contribution in [1.82, 2.24) is 0 Å². The minimum atomic E-state index is 0.374. The highest BCUT2D eigenvalue weighted by molar-refractivity contribution is 5.77. The molecule has 0 unspecified atom stereocenters. The van der Waals surface area contributed by atoms with Gasteiger partial charge in [0.2, 0.25) is 0 Å². The number of rotatable bonds is 6. The van der Waals surface area contributed by atoms with E-state index in [0.717, 1.165) is 19.3 Å². The van der Waals surface area contributed by atoms with Gasteiger partial charge < -0.3 is 4.79 Å². The van der Waals surface area contributed by atoms with Gasteiger partial charge >= 0.3 is 0 Å². The monoisotopic (exact) mass is 240 g/mol. The van der Waals surface area contributed by atoms with E-state index in [9.17, 15) is 4.79 Å². The van der Waals surface area contributed by atoms with Gasteiger partial charge in [-0.2, -0.15) is 0 Å². The highest BCUT2D eigenvalue weighted by Crippen LogP contribution is 2.07. The lowest BCUT2D eigenvalue weighted by atomic mass is 10.1. The summed E-state index contributed by atoms with van der Waals surface area (Å²) in [6.07, 6.45) is 9.60. The van der Waals surface area contributed by atoms with Crippen molar-refractivity contribution in [2.45, 2.75) is 60.3 Å². The summed E-state index contributed by atoms with van der Waals surface area (Å²) in [5.74, 6) is 0.374. The third kappa shape index (κ3) is 20.8. The van der Waals surface area contributed by atoms with E-state index in [2.05, 4.69) is 13.0 Å². The van der Waals surface area contributed by atoms with Crippen molar-refractivity contribution in [2.24, 2.45) is 0 Å². The topological polar surface area (TPSA) is 34.1 Å². The largest absolute Gasteiger partial charge is 0.307 e. The minimum Gasteiger partial charge on any atom is -0.307 e. The second-order valence-corrected chi connectivity index (χ2v) is 3.28. The van der Waals surface area contributed by atoms with Crippen molar-refractivity contribution in [3.63, 3.8) is 0 Å². The van der Waals surface area contributed by atoms with Crippen LogP contribution < -0.4 is 0 Å². The molecule has 0 aromatic carbocycles. The van der Waals surface area contributed by atoms with E-state index in [1.54, 1.807) is 0 Å². The lowest BCUT2D eigenvalue weighted by Gasteiger charge is -1.98. The third-order valence-electron chi connectivity index (χ3n) is 1.99. The summed E-state index contributed by atoms with van der Waals surface area (Å²) in [7, 11) is 0. The van der Waals surface area contributed by atoms with Gasteiger partial charge in [-0.1, -0.05) is 44.6 Å². The first-order valence-electron chi connectivity index (χ1n) is 6.29. The van der Waals surface area contributed by atoms with E-state index >= 15 is 0 Å². The number of Topliss-reactive ketones (excluding diaryl/α,β-unsaturated/α-hetero) is 1.